The van der Waals surface area contributed by atoms with Crippen molar-refractivity contribution in [1.29, 1.82) is 0 Å². The second-order valence-electron chi connectivity index (χ2n) is 5.66. The largest absolute Gasteiger partial charge is 0.573 e. The zero-order valence-electron chi connectivity index (χ0n) is 15.1. The molecule has 10 heteroatoms. The summed E-state index contributed by atoms with van der Waals surface area (Å²) in [6, 6.07) is 20.3. The van der Waals surface area contributed by atoms with Gasteiger partial charge in [-0.2, -0.15) is 8.42 Å². The molecule has 0 saturated carbocycles. The predicted molar refractivity (Wildman–Crippen MR) is 102 cm³/mol. The lowest BCUT2D eigenvalue weighted by Gasteiger charge is -2.13. The summed E-state index contributed by atoms with van der Waals surface area (Å²) in [6.07, 6.45) is -5.78. The molecule has 3 aromatic carbocycles. The normalized spacial score (nSPS) is 11.4. The Hall–Kier alpha value is -3.53. The summed E-state index contributed by atoms with van der Waals surface area (Å²) in [7, 11) is -4.69. The van der Waals surface area contributed by atoms with Crippen LogP contribution in [0.4, 0.5) is 13.2 Å². The molecule has 0 aliphatic carbocycles. The summed E-state index contributed by atoms with van der Waals surface area (Å²) >= 11 is 0. The standard InChI is InChI=1S/C20H14F3NO5S/c21-20(22,23)29-17-13-7-8-14-18(17)30(25,26)24-19(27-15-9-3-1-4-10-15)28-16-11-5-2-6-12-16/h1-14H. The summed E-state index contributed by atoms with van der Waals surface area (Å²) < 4.78 is 81.5. The van der Waals surface area contributed by atoms with Gasteiger partial charge in [-0.3, -0.25) is 0 Å². The second-order valence-corrected chi connectivity index (χ2v) is 7.23. The summed E-state index contributed by atoms with van der Waals surface area (Å²) in [5, 5.41) is 0. The van der Waals surface area contributed by atoms with Crippen LogP contribution in [0.2, 0.25) is 0 Å². The van der Waals surface area contributed by atoms with Crippen molar-refractivity contribution in [1.82, 2.24) is 0 Å². The van der Waals surface area contributed by atoms with Crippen molar-refractivity contribution in [3.63, 3.8) is 0 Å². The smallest absolute Gasteiger partial charge is 0.410 e. The number of rotatable bonds is 5. The molecule has 30 heavy (non-hydrogen) atoms. The maximum Gasteiger partial charge on any atom is 0.573 e. The summed E-state index contributed by atoms with van der Waals surface area (Å²) in [6.45, 7) is 0. The van der Waals surface area contributed by atoms with Crippen molar-refractivity contribution in [2.24, 2.45) is 4.40 Å². The second kappa shape index (κ2) is 8.87. The molecule has 0 N–H and O–H groups in total. The van der Waals surface area contributed by atoms with Gasteiger partial charge in [-0.25, -0.2) is 0 Å². The minimum absolute atomic E-state index is 0.210. The third-order valence-electron chi connectivity index (χ3n) is 3.44. The van der Waals surface area contributed by atoms with E-state index in [0.717, 1.165) is 12.1 Å². The number of sulfonamides is 1. The van der Waals surface area contributed by atoms with E-state index in [4.69, 9.17) is 9.47 Å². The Morgan fingerprint density at radius 3 is 1.70 bits per heavy atom. The highest BCUT2D eigenvalue weighted by molar-refractivity contribution is 7.90. The van der Waals surface area contributed by atoms with Crippen LogP contribution < -0.4 is 14.2 Å². The van der Waals surface area contributed by atoms with Crippen molar-refractivity contribution in [2.75, 3.05) is 0 Å². The van der Waals surface area contributed by atoms with E-state index in [9.17, 15) is 21.6 Å². The van der Waals surface area contributed by atoms with Crippen LogP contribution in [0.15, 0.2) is 94.2 Å². The Balaban J connectivity index is 2.01. The molecular formula is C20H14F3NO5S. The van der Waals surface area contributed by atoms with Gasteiger partial charge in [0.1, 0.15) is 22.1 Å². The zero-order valence-corrected chi connectivity index (χ0v) is 15.9. The van der Waals surface area contributed by atoms with Crippen LogP contribution in [0.1, 0.15) is 0 Å². The third-order valence-corrected chi connectivity index (χ3v) is 4.73. The van der Waals surface area contributed by atoms with E-state index in [1.807, 2.05) is 0 Å². The Bertz CT molecular complexity index is 1070. The van der Waals surface area contributed by atoms with Gasteiger partial charge in [-0.05, 0) is 36.4 Å². The van der Waals surface area contributed by atoms with Crippen LogP contribution in [0.3, 0.4) is 0 Å². The number of hydrogen-bond donors (Lipinski definition) is 0. The summed E-state index contributed by atoms with van der Waals surface area (Å²) in [5.74, 6) is -0.503. The Kier molecular flexibility index (Phi) is 6.26. The number of alkyl halides is 3. The number of hydrogen-bond acceptors (Lipinski definition) is 5. The quantitative estimate of drug-likeness (QED) is 0.424. The zero-order chi connectivity index (χ0) is 21.6. The predicted octanol–water partition coefficient (Wildman–Crippen LogP) is 4.79. The Labute approximate surface area is 170 Å². The third kappa shape index (κ3) is 5.98. The maximum absolute atomic E-state index is 12.7. The minimum Gasteiger partial charge on any atom is -0.410 e. The Morgan fingerprint density at radius 2 is 1.20 bits per heavy atom. The first-order valence-corrected chi connectivity index (χ1v) is 9.82. The number of para-hydroxylation sites is 3. The number of halogens is 3. The first kappa shape index (κ1) is 21.2. The fourth-order valence-electron chi connectivity index (χ4n) is 2.26. The van der Waals surface area contributed by atoms with Crippen molar-refractivity contribution < 1.29 is 35.8 Å². The molecule has 0 heterocycles. The molecular weight excluding hydrogens is 423 g/mol. The topological polar surface area (TPSA) is 74.2 Å². The van der Waals surface area contributed by atoms with Crippen LogP contribution in [0.5, 0.6) is 17.2 Å². The van der Waals surface area contributed by atoms with Crippen molar-refractivity contribution in [3.8, 4) is 17.2 Å². The van der Waals surface area contributed by atoms with Crippen LogP contribution in [-0.4, -0.2) is 20.9 Å². The summed E-state index contributed by atoms with van der Waals surface area (Å²) in [4.78, 5) is -0.798. The molecule has 0 aliphatic rings. The molecule has 0 spiro atoms. The highest BCUT2D eigenvalue weighted by Crippen LogP contribution is 2.30. The molecule has 3 aromatic rings. The van der Waals surface area contributed by atoms with Gasteiger partial charge in [-0.1, -0.05) is 52.9 Å². The van der Waals surface area contributed by atoms with Gasteiger partial charge < -0.3 is 14.2 Å². The van der Waals surface area contributed by atoms with Gasteiger partial charge in [0.05, 0.1) is 0 Å². The molecule has 0 fully saturated rings. The maximum atomic E-state index is 12.7. The lowest BCUT2D eigenvalue weighted by atomic mass is 10.3. The van der Waals surface area contributed by atoms with Crippen LogP contribution >= 0.6 is 0 Å². The lowest BCUT2D eigenvalue weighted by molar-refractivity contribution is -0.275. The van der Waals surface area contributed by atoms with Gasteiger partial charge in [-0.15, -0.1) is 13.2 Å². The Morgan fingerprint density at radius 1 is 0.733 bits per heavy atom. The first-order chi connectivity index (χ1) is 14.2. The SMILES string of the molecule is O=S(=O)(N=C(Oc1ccccc1)Oc1ccccc1)c1ccccc1OC(F)(F)F. The molecule has 0 amide bonds. The fraction of sp³-hybridized carbons (Fsp3) is 0.0500. The highest BCUT2D eigenvalue weighted by atomic mass is 32.2. The van der Waals surface area contributed by atoms with E-state index in [1.165, 1.54) is 36.4 Å². The average Bonchev–Trinajstić information content (AvgIpc) is 2.68. The van der Waals surface area contributed by atoms with Gasteiger partial charge in [0.15, 0.2) is 0 Å². The molecule has 0 bridgehead atoms. The van der Waals surface area contributed by atoms with E-state index < -0.39 is 33.1 Å². The molecule has 0 aliphatic heterocycles. The molecule has 156 valence electrons. The van der Waals surface area contributed by atoms with E-state index in [1.54, 1.807) is 36.4 Å². The van der Waals surface area contributed by atoms with Gasteiger partial charge in [0.2, 0.25) is 0 Å². The van der Waals surface area contributed by atoms with E-state index in [0.29, 0.717) is 0 Å². The van der Waals surface area contributed by atoms with Gasteiger partial charge in [0, 0.05) is 0 Å². The van der Waals surface area contributed by atoms with Crippen LogP contribution in [0.25, 0.3) is 0 Å². The van der Waals surface area contributed by atoms with Crippen molar-refractivity contribution in [2.45, 2.75) is 11.3 Å². The number of ether oxygens (including phenoxy) is 3. The molecule has 0 saturated heterocycles. The molecule has 0 atom stereocenters. The number of nitrogens with zero attached hydrogens (tertiary/aromatic N) is 1. The van der Waals surface area contributed by atoms with Crippen molar-refractivity contribution >= 4 is 16.1 Å². The van der Waals surface area contributed by atoms with Gasteiger partial charge >= 0.3 is 12.4 Å². The van der Waals surface area contributed by atoms with E-state index in [2.05, 4.69) is 9.13 Å². The molecule has 0 aromatic heterocycles. The van der Waals surface area contributed by atoms with Gasteiger partial charge in [0.25, 0.3) is 10.0 Å². The first-order valence-electron chi connectivity index (χ1n) is 8.38. The minimum atomic E-state index is -5.08. The van der Waals surface area contributed by atoms with Crippen LogP contribution in [-0.2, 0) is 10.0 Å². The van der Waals surface area contributed by atoms with E-state index >= 15 is 0 Å². The fourth-order valence-corrected chi connectivity index (χ4v) is 3.24. The number of benzene rings is 3. The highest BCUT2D eigenvalue weighted by Gasteiger charge is 2.34. The lowest BCUT2D eigenvalue weighted by Crippen LogP contribution is -2.21. The average molecular weight is 437 g/mol. The molecule has 0 radical (unpaired) electrons. The molecule has 0 unspecified atom stereocenters. The molecule has 3 rings (SSSR count). The van der Waals surface area contributed by atoms with E-state index in [-0.39, 0.29) is 11.5 Å². The molecule has 6 nitrogen and oxygen atoms in total. The van der Waals surface area contributed by atoms with Crippen LogP contribution in [0, 0.1) is 0 Å². The summed E-state index contributed by atoms with van der Waals surface area (Å²) in [5.41, 5.74) is 0. The monoisotopic (exact) mass is 437 g/mol. The van der Waals surface area contributed by atoms with Crippen molar-refractivity contribution in [3.05, 3.63) is 84.9 Å².